The van der Waals surface area contributed by atoms with Crippen LogP contribution in [0.1, 0.15) is 33.1 Å². The minimum absolute atomic E-state index is 0.0365. The summed E-state index contributed by atoms with van der Waals surface area (Å²) < 4.78 is 49.8. The number of hydrogen-bond acceptors (Lipinski definition) is 7. The van der Waals surface area contributed by atoms with Crippen molar-refractivity contribution >= 4 is 25.3 Å². The van der Waals surface area contributed by atoms with Gasteiger partial charge in [0, 0.05) is 38.8 Å². The van der Waals surface area contributed by atoms with Crippen LogP contribution in [0, 0.1) is 17.7 Å². The number of likely N-dealkylation sites (tertiary alicyclic amines) is 1. The molecule has 2 N–H and O–H groups in total. The summed E-state index contributed by atoms with van der Waals surface area (Å²) in [7, 11) is -4.91. The second-order valence-corrected chi connectivity index (χ2v) is 11.3. The Labute approximate surface area is 214 Å². The number of hydrogen-bond donors (Lipinski definition) is 2. The molecule has 1 aromatic carbocycles. The van der Waals surface area contributed by atoms with Gasteiger partial charge in [0.2, 0.25) is 11.8 Å². The van der Waals surface area contributed by atoms with Gasteiger partial charge in [0.15, 0.2) is 0 Å². The highest BCUT2D eigenvalue weighted by Gasteiger charge is 2.53. The summed E-state index contributed by atoms with van der Waals surface area (Å²) in [6.45, 7) is 7.45. The smallest absolute Gasteiger partial charge is 0.469 e. The van der Waals surface area contributed by atoms with Gasteiger partial charge in [0.25, 0.3) is 0 Å². The quantitative estimate of drug-likeness (QED) is 0.356. The first-order valence-electron chi connectivity index (χ1n) is 12.6. The number of anilines is 1. The van der Waals surface area contributed by atoms with E-state index in [-0.39, 0.29) is 31.3 Å². The summed E-state index contributed by atoms with van der Waals surface area (Å²) in [6, 6.07) is 4.51. The lowest BCUT2D eigenvalue weighted by Gasteiger charge is -2.37. The van der Waals surface area contributed by atoms with E-state index in [0.717, 1.165) is 23.7 Å². The van der Waals surface area contributed by atoms with Crippen molar-refractivity contribution in [2.24, 2.45) is 11.8 Å². The summed E-state index contributed by atoms with van der Waals surface area (Å²) in [5.41, 5.74) is 0.719. The molecule has 0 aromatic heterocycles. The van der Waals surface area contributed by atoms with Crippen LogP contribution < -0.4 is 9.64 Å². The number of nitrogens with zero attached hydrogens (tertiary/aromatic N) is 3. The van der Waals surface area contributed by atoms with E-state index in [1.807, 2.05) is 13.8 Å². The van der Waals surface area contributed by atoms with Crippen LogP contribution in [-0.2, 0) is 18.7 Å². The fraction of sp³-hybridized carbons (Fsp3) is 0.667. The minimum atomic E-state index is -4.91. The average molecular weight is 546 g/mol. The number of carbonyl (C=O) groups excluding carboxylic acids is 2. The fourth-order valence-electron chi connectivity index (χ4n) is 5.44. The standard InChI is InChI=1S/C24H34F2N3O7P/c1-15(2)35-21-5-4-16(25)12-20(21)28-10-8-27(9-11-28)6-3-7-29-23(30)17-13-19(26)22(36-37(32,33)34)14-18(17)24(29)31/h4-5,12,15,17-19,22H,3,6-11,13-14H2,1-2H3,(H2,32,33,34). The molecule has 4 atom stereocenters. The number of phosphoric acid groups is 1. The molecule has 1 aromatic rings. The lowest BCUT2D eigenvalue weighted by Crippen LogP contribution is -2.47. The predicted octanol–water partition coefficient (Wildman–Crippen LogP) is 2.34. The molecule has 3 aliphatic rings. The van der Waals surface area contributed by atoms with Crippen LogP contribution in [0.5, 0.6) is 5.75 Å². The largest absolute Gasteiger partial charge is 0.489 e. The maximum absolute atomic E-state index is 14.4. The Morgan fingerprint density at radius 3 is 2.32 bits per heavy atom. The normalized spacial score (nSPS) is 27.2. The third-order valence-electron chi connectivity index (χ3n) is 7.15. The number of phosphoric ester groups is 1. The number of imide groups is 1. The number of alkyl halides is 1. The average Bonchev–Trinajstić information content (AvgIpc) is 3.04. The van der Waals surface area contributed by atoms with Crippen LogP contribution in [0.15, 0.2) is 18.2 Å². The highest BCUT2D eigenvalue weighted by molar-refractivity contribution is 7.46. The van der Waals surface area contributed by atoms with Crippen LogP contribution in [0.2, 0.25) is 0 Å². The summed E-state index contributed by atoms with van der Waals surface area (Å²) in [5, 5.41) is 0. The zero-order valence-corrected chi connectivity index (χ0v) is 21.9. The van der Waals surface area contributed by atoms with Crippen LogP contribution >= 0.6 is 7.82 Å². The van der Waals surface area contributed by atoms with Gasteiger partial charge in [-0.15, -0.1) is 0 Å². The van der Waals surface area contributed by atoms with Crippen molar-refractivity contribution in [3.05, 3.63) is 24.0 Å². The molecule has 1 aliphatic carbocycles. The molecule has 10 nitrogen and oxygen atoms in total. The van der Waals surface area contributed by atoms with Crippen molar-refractivity contribution in [3.8, 4) is 5.75 Å². The Hall–Kier alpha value is -2.11. The van der Waals surface area contributed by atoms with Gasteiger partial charge in [0.05, 0.1) is 23.6 Å². The fourth-order valence-corrected chi connectivity index (χ4v) is 6.01. The Balaban J connectivity index is 1.27. The minimum Gasteiger partial charge on any atom is -0.489 e. The predicted molar refractivity (Wildman–Crippen MR) is 130 cm³/mol. The van der Waals surface area contributed by atoms with Crippen LogP contribution in [-0.4, -0.2) is 89.0 Å². The number of ether oxygens (including phenoxy) is 1. The van der Waals surface area contributed by atoms with Gasteiger partial charge in [-0.2, -0.15) is 0 Å². The molecule has 3 fully saturated rings. The summed E-state index contributed by atoms with van der Waals surface area (Å²) in [4.78, 5) is 49.1. The monoisotopic (exact) mass is 545 g/mol. The first kappa shape index (κ1) is 27.9. The number of amides is 2. The van der Waals surface area contributed by atoms with Gasteiger partial charge in [-0.3, -0.25) is 23.9 Å². The lowest BCUT2D eigenvalue weighted by molar-refractivity contribution is -0.140. The van der Waals surface area contributed by atoms with E-state index in [0.29, 0.717) is 31.8 Å². The maximum atomic E-state index is 14.4. The van der Waals surface area contributed by atoms with Crippen molar-refractivity contribution in [2.75, 3.05) is 44.2 Å². The highest BCUT2D eigenvalue weighted by Crippen LogP contribution is 2.46. The van der Waals surface area contributed by atoms with E-state index < -0.39 is 43.7 Å². The van der Waals surface area contributed by atoms with Gasteiger partial charge in [-0.25, -0.2) is 13.3 Å². The zero-order valence-electron chi connectivity index (χ0n) is 21.0. The molecule has 2 amide bonds. The van der Waals surface area contributed by atoms with E-state index in [1.54, 1.807) is 6.07 Å². The van der Waals surface area contributed by atoms with Gasteiger partial charge >= 0.3 is 7.82 Å². The Morgan fingerprint density at radius 2 is 1.70 bits per heavy atom. The molecular weight excluding hydrogens is 511 g/mol. The SMILES string of the molecule is CC(C)Oc1ccc(F)cc1N1CCN(CCCN2C(=O)C3CC(F)C(OP(=O)(O)O)CC3C2=O)CC1. The molecule has 13 heteroatoms. The number of carbonyl (C=O) groups is 2. The van der Waals surface area contributed by atoms with Crippen molar-refractivity contribution in [2.45, 2.75) is 51.5 Å². The van der Waals surface area contributed by atoms with E-state index in [2.05, 4.69) is 14.3 Å². The van der Waals surface area contributed by atoms with E-state index in [1.165, 1.54) is 12.1 Å². The summed E-state index contributed by atoms with van der Waals surface area (Å²) >= 11 is 0. The molecule has 2 aliphatic heterocycles. The highest BCUT2D eigenvalue weighted by atomic mass is 31.2. The van der Waals surface area contributed by atoms with E-state index in [9.17, 15) is 22.9 Å². The zero-order chi connectivity index (χ0) is 26.9. The second-order valence-electron chi connectivity index (χ2n) is 10.1. The molecule has 4 rings (SSSR count). The third-order valence-corrected chi connectivity index (χ3v) is 7.69. The van der Waals surface area contributed by atoms with Crippen LogP contribution in [0.4, 0.5) is 14.5 Å². The molecule has 1 saturated carbocycles. The number of benzene rings is 1. The number of rotatable bonds is 9. The van der Waals surface area contributed by atoms with Crippen molar-refractivity contribution in [1.29, 1.82) is 0 Å². The maximum Gasteiger partial charge on any atom is 0.469 e. The van der Waals surface area contributed by atoms with Crippen LogP contribution in [0.25, 0.3) is 0 Å². The van der Waals surface area contributed by atoms with Crippen molar-refractivity contribution in [3.63, 3.8) is 0 Å². The Bertz CT molecular complexity index is 1050. The lowest BCUT2D eigenvalue weighted by atomic mass is 9.78. The molecule has 2 saturated heterocycles. The van der Waals surface area contributed by atoms with E-state index in [4.69, 9.17) is 14.5 Å². The molecule has 0 bridgehead atoms. The molecule has 0 radical (unpaired) electrons. The second kappa shape index (κ2) is 11.3. The number of halogens is 2. The summed E-state index contributed by atoms with van der Waals surface area (Å²) in [5.74, 6) is -2.20. The molecule has 2 heterocycles. The third kappa shape index (κ3) is 6.67. The topological polar surface area (TPSA) is 120 Å². The molecule has 0 spiro atoms. The summed E-state index contributed by atoms with van der Waals surface area (Å²) in [6.07, 6.45) is -3.17. The first-order valence-corrected chi connectivity index (χ1v) is 14.1. The van der Waals surface area contributed by atoms with Gasteiger partial charge in [-0.05, 0) is 51.8 Å². The Morgan fingerprint density at radius 1 is 1.05 bits per heavy atom. The van der Waals surface area contributed by atoms with Gasteiger partial charge in [0.1, 0.15) is 23.8 Å². The van der Waals surface area contributed by atoms with Crippen molar-refractivity contribution in [1.82, 2.24) is 9.80 Å². The van der Waals surface area contributed by atoms with Crippen LogP contribution in [0.3, 0.4) is 0 Å². The van der Waals surface area contributed by atoms with Gasteiger partial charge < -0.3 is 19.4 Å². The van der Waals surface area contributed by atoms with Crippen molar-refractivity contribution < 1.29 is 42.0 Å². The molecular formula is C24H34F2N3O7P. The van der Waals surface area contributed by atoms with Gasteiger partial charge in [-0.1, -0.05) is 0 Å². The molecule has 37 heavy (non-hydrogen) atoms. The number of piperazine rings is 1. The van der Waals surface area contributed by atoms with E-state index >= 15 is 0 Å². The molecule has 206 valence electrons. The number of fused-ring (bicyclic) bond motifs is 1. The molecule has 4 unspecified atom stereocenters. The first-order chi connectivity index (χ1) is 17.4. The Kier molecular flexibility index (Phi) is 8.55.